The zero-order chi connectivity index (χ0) is 24.9. The summed E-state index contributed by atoms with van der Waals surface area (Å²) in [4.78, 5) is 28.8. The molecule has 0 radical (unpaired) electrons. The van der Waals surface area contributed by atoms with Crippen molar-refractivity contribution in [1.29, 1.82) is 0 Å². The second-order valence-electron chi connectivity index (χ2n) is 8.24. The lowest BCUT2D eigenvalue weighted by molar-refractivity contribution is -0.147. The second-order valence-corrected chi connectivity index (χ2v) is 8.24. The van der Waals surface area contributed by atoms with Gasteiger partial charge < -0.3 is 14.6 Å². The van der Waals surface area contributed by atoms with E-state index in [1.54, 1.807) is 24.4 Å². The summed E-state index contributed by atoms with van der Waals surface area (Å²) in [5.74, 6) is -0.776. The van der Waals surface area contributed by atoms with Crippen LogP contribution in [0, 0.1) is 6.92 Å². The van der Waals surface area contributed by atoms with Crippen molar-refractivity contribution in [2.24, 2.45) is 0 Å². The number of benzene rings is 2. The average molecular weight is 473 g/mol. The summed E-state index contributed by atoms with van der Waals surface area (Å²) in [5, 5.41) is 9.55. The number of carboxylic acid groups (broad SMARTS) is 1. The number of hydrogen-bond donors (Lipinski definition) is 1. The quantitative estimate of drug-likeness (QED) is 0.308. The monoisotopic (exact) mass is 472 g/mol. The van der Waals surface area contributed by atoms with E-state index in [4.69, 9.17) is 9.47 Å². The van der Waals surface area contributed by atoms with Gasteiger partial charge in [0.15, 0.2) is 6.10 Å². The molecule has 0 fully saturated rings. The number of hydrogen-bond acceptors (Lipinski definition) is 5. The summed E-state index contributed by atoms with van der Waals surface area (Å²) in [6.45, 7) is 6.29. The average Bonchev–Trinajstić information content (AvgIpc) is 3.28. The molecule has 7 heteroatoms. The fourth-order valence-corrected chi connectivity index (χ4v) is 4.08. The first-order valence-corrected chi connectivity index (χ1v) is 11.7. The van der Waals surface area contributed by atoms with Crippen LogP contribution in [0.5, 0.6) is 5.88 Å². The molecular weight excluding hydrogens is 444 g/mol. The minimum Gasteiger partial charge on any atom is -0.478 e. The molecule has 0 saturated heterocycles. The predicted molar refractivity (Wildman–Crippen MR) is 133 cm³/mol. The van der Waals surface area contributed by atoms with Crippen molar-refractivity contribution in [1.82, 2.24) is 9.38 Å². The predicted octanol–water partition coefficient (Wildman–Crippen LogP) is 5.84. The third-order valence-corrected chi connectivity index (χ3v) is 5.76. The highest BCUT2D eigenvalue weighted by atomic mass is 16.5. The Kier molecular flexibility index (Phi) is 7.15. The summed E-state index contributed by atoms with van der Waals surface area (Å²) in [5.41, 5.74) is 4.83. The minimum atomic E-state index is -0.983. The molecule has 0 saturated carbocycles. The van der Waals surface area contributed by atoms with Crippen LogP contribution in [0.25, 0.3) is 16.8 Å². The first kappa shape index (κ1) is 24.0. The van der Waals surface area contributed by atoms with Crippen LogP contribution >= 0.6 is 0 Å². The van der Waals surface area contributed by atoms with Crippen LogP contribution in [0.3, 0.4) is 0 Å². The lowest BCUT2D eigenvalue weighted by Gasteiger charge is -2.21. The van der Waals surface area contributed by atoms with Crippen LogP contribution in [0.4, 0.5) is 0 Å². The minimum absolute atomic E-state index is 0.230. The number of carbonyl (C=O) groups excluding carboxylic acids is 1. The Bertz CT molecular complexity index is 1360. The summed E-state index contributed by atoms with van der Waals surface area (Å²) >= 11 is 0. The Morgan fingerprint density at radius 1 is 1.03 bits per heavy atom. The van der Waals surface area contributed by atoms with Gasteiger partial charge in [-0.05, 0) is 54.7 Å². The van der Waals surface area contributed by atoms with E-state index in [2.05, 4.69) is 4.98 Å². The first-order valence-electron chi connectivity index (χ1n) is 11.7. The number of carboxylic acids is 1. The van der Waals surface area contributed by atoms with E-state index < -0.39 is 12.1 Å². The molecule has 4 aromatic rings. The maximum atomic E-state index is 12.6. The van der Waals surface area contributed by atoms with Crippen molar-refractivity contribution in [3.8, 4) is 17.0 Å². The summed E-state index contributed by atoms with van der Waals surface area (Å²) in [7, 11) is 0. The van der Waals surface area contributed by atoms with Crippen molar-refractivity contribution in [3.63, 3.8) is 0 Å². The third kappa shape index (κ3) is 5.04. The number of esters is 1. The van der Waals surface area contributed by atoms with E-state index in [1.165, 1.54) is 0 Å². The first-order chi connectivity index (χ1) is 16.9. The summed E-state index contributed by atoms with van der Waals surface area (Å²) in [6, 6.07) is 18.2. The van der Waals surface area contributed by atoms with Gasteiger partial charge in [0.05, 0.1) is 24.1 Å². The van der Waals surface area contributed by atoms with Crippen molar-refractivity contribution in [3.05, 3.63) is 89.2 Å². The van der Waals surface area contributed by atoms with Gasteiger partial charge in [0.2, 0.25) is 5.88 Å². The zero-order valence-corrected chi connectivity index (χ0v) is 20.0. The van der Waals surface area contributed by atoms with Gasteiger partial charge in [0.25, 0.3) is 0 Å². The molecule has 0 aliphatic carbocycles. The Balaban J connectivity index is 1.79. The van der Waals surface area contributed by atoms with Crippen molar-refractivity contribution >= 4 is 17.6 Å². The number of pyridine rings is 1. The van der Waals surface area contributed by atoms with Crippen LogP contribution in [0.2, 0.25) is 0 Å². The Morgan fingerprint density at radius 3 is 2.46 bits per heavy atom. The summed E-state index contributed by atoms with van der Waals surface area (Å²) in [6.07, 6.45) is 2.12. The lowest BCUT2D eigenvalue weighted by atomic mass is 9.96. The van der Waals surface area contributed by atoms with Crippen LogP contribution < -0.4 is 4.74 Å². The Hall–Kier alpha value is -4.13. The number of rotatable bonds is 9. The second kappa shape index (κ2) is 10.4. The van der Waals surface area contributed by atoms with Crippen molar-refractivity contribution < 1.29 is 24.2 Å². The molecule has 0 spiro atoms. The molecule has 0 amide bonds. The lowest BCUT2D eigenvalue weighted by Crippen LogP contribution is -2.15. The van der Waals surface area contributed by atoms with Crippen molar-refractivity contribution in [2.75, 3.05) is 6.61 Å². The van der Waals surface area contributed by atoms with Gasteiger partial charge >= 0.3 is 11.9 Å². The molecule has 180 valence electrons. The number of aryl methyl sites for hydroxylation is 1. The number of ether oxygens (including phenoxy) is 2. The Labute approximate surface area is 204 Å². The summed E-state index contributed by atoms with van der Waals surface area (Å²) < 4.78 is 13.5. The molecule has 2 aromatic carbocycles. The molecule has 7 nitrogen and oxygen atoms in total. The Morgan fingerprint density at radius 2 is 1.77 bits per heavy atom. The topological polar surface area (TPSA) is 90.1 Å². The fourth-order valence-electron chi connectivity index (χ4n) is 4.08. The standard InChI is InChI=1S/C28H28N2O5/c1-4-8-25(31)35-26(23-16-11-18(3)27-29-24(34-5-2)17-30(23)27)20-14-12-19(13-15-20)21-9-6-7-10-22(21)28(32)33/h6-7,9-17,26H,4-5,8H2,1-3H3,(H,32,33)/t26-/m1/s1. The molecule has 2 heterocycles. The van der Waals surface area contributed by atoms with Gasteiger partial charge in [-0.15, -0.1) is 0 Å². The van der Waals surface area contributed by atoms with Gasteiger partial charge in [-0.3, -0.25) is 9.20 Å². The molecular formula is C28H28N2O5. The zero-order valence-electron chi connectivity index (χ0n) is 20.0. The van der Waals surface area contributed by atoms with Gasteiger partial charge in [-0.25, -0.2) is 4.79 Å². The van der Waals surface area contributed by atoms with E-state index in [0.29, 0.717) is 30.9 Å². The molecule has 4 rings (SSSR count). The fraction of sp³-hybridized carbons (Fsp3) is 0.250. The van der Waals surface area contributed by atoms with Gasteiger partial charge in [-0.2, -0.15) is 4.98 Å². The molecule has 1 atom stereocenters. The van der Waals surface area contributed by atoms with E-state index >= 15 is 0 Å². The van der Waals surface area contributed by atoms with E-state index in [1.807, 2.05) is 67.6 Å². The van der Waals surface area contributed by atoms with Crippen LogP contribution in [0.1, 0.15) is 60.0 Å². The largest absolute Gasteiger partial charge is 0.478 e. The molecule has 0 aliphatic rings. The van der Waals surface area contributed by atoms with E-state index in [9.17, 15) is 14.7 Å². The number of nitrogens with zero attached hydrogens (tertiary/aromatic N) is 2. The molecule has 0 unspecified atom stereocenters. The molecule has 1 N–H and O–H groups in total. The molecule has 0 bridgehead atoms. The number of imidazole rings is 1. The highest BCUT2D eigenvalue weighted by Gasteiger charge is 2.23. The normalized spacial score (nSPS) is 11.9. The van der Waals surface area contributed by atoms with E-state index in [0.717, 1.165) is 28.0 Å². The van der Waals surface area contributed by atoms with Gasteiger partial charge in [0.1, 0.15) is 5.65 Å². The number of carbonyl (C=O) groups is 2. The highest BCUT2D eigenvalue weighted by molar-refractivity contribution is 5.96. The molecule has 35 heavy (non-hydrogen) atoms. The maximum absolute atomic E-state index is 12.6. The van der Waals surface area contributed by atoms with Crippen LogP contribution in [-0.2, 0) is 9.53 Å². The number of aromatic nitrogens is 2. The molecule has 2 aromatic heterocycles. The molecule has 0 aliphatic heterocycles. The maximum Gasteiger partial charge on any atom is 0.336 e. The van der Waals surface area contributed by atoms with Gasteiger partial charge in [-0.1, -0.05) is 55.5 Å². The third-order valence-electron chi connectivity index (χ3n) is 5.76. The highest BCUT2D eigenvalue weighted by Crippen LogP contribution is 2.32. The smallest absolute Gasteiger partial charge is 0.336 e. The SMILES string of the molecule is CCCC(=O)O[C@H](c1ccc(-c2ccccc2C(=O)O)cc1)c1ccc(C)c2nc(OCC)cn12. The van der Waals surface area contributed by atoms with E-state index in [-0.39, 0.29) is 11.5 Å². The van der Waals surface area contributed by atoms with Crippen LogP contribution in [-0.4, -0.2) is 33.0 Å². The number of aromatic carboxylic acids is 1. The van der Waals surface area contributed by atoms with Gasteiger partial charge in [0, 0.05) is 6.42 Å². The van der Waals surface area contributed by atoms with Crippen LogP contribution in [0.15, 0.2) is 66.9 Å². The van der Waals surface area contributed by atoms with Crippen molar-refractivity contribution in [2.45, 2.75) is 39.7 Å². The number of fused-ring (bicyclic) bond motifs is 1.